The van der Waals surface area contributed by atoms with Crippen LogP contribution in [0.4, 0.5) is 0 Å². The fraction of sp³-hybridized carbons (Fsp3) is 0.444. The zero-order chi connectivity index (χ0) is 9.84. The molecule has 0 radical (unpaired) electrons. The summed E-state index contributed by atoms with van der Waals surface area (Å²) in [5, 5.41) is 8.67. The summed E-state index contributed by atoms with van der Waals surface area (Å²) >= 11 is 0. The number of carbonyl (C=O) groups excluding carboxylic acids is 1. The molecule has 1 rings (SSSR count). The highest BCUT2D eigenvalue weighted by Gasteiger charge is 2.10. The second kappa shape index (κ2) is 3.85. The van der Waals surface area contributed by atoms with Crippen molar-refractivity contribution in [2.45, 2.75) is 26.3 Å². The van der Waals surface area contributed by atoms with Gasteiger partial charge in [0.05, 0.1) is 0 Å². The molecular formula is C9H11N3O. The van der Waals surface area contributed by atoms with E-state index in [1.807, 2.05) is 13.0 Å². The number of imidazole rings is 1. The number of hydrogen-bond acceptors (Lipinski definition) is 3. The minimum atomic E-state index is 0.00894. The van der Waals surface area contributed by atoms with Crippen LogP contribution in [0, 0.1) is 11.3 Å². The number of hydrogen-bond donors (Lipinski definition) is 0. The number of nitriles is 1. The Balaban J connectivity index is 2.83. The van der Waals surface area contributed by atoms with E-state index in [0.29, 0.717) is 12.2 Å². The predicted molar refractivity (Wildman–Crippen MR) is 47.0 cm³/mol. The van der Waals surface area contributed by atoms with E-state index >= 15 is 0 Å². The van der Waals surface area contributed by atoms with Gasteiger partial charge < -0.3 is 4.57 Å². The maximum Gasteiger partial charge on any atom is 0.212 e. The Morgan fingerprint density at radius 2 is 2.54 bits per heavy atom. The molecule has 68 valence electrons. The summed E-state index contributed by atoms with van der Waals surface area (Å²) in [6.45, 7) is 3.43. The summed E-state index contributed by atoms with van der Waals surface area (Å²) in [5.41, 5.74) is 0. The van der Waals surface area contributed by atoms with Crippen LogP contribution in [0.1, 0.15) is 32.1 Å². The van der Waals surface area contributed by atoms with Crippen LogP contribution in [0.2, 0.25) is 0 Å². The van der Waals surface area contributed by atoms with E-state index < -0.39 is 0 Å². The molecule has 0 spiro atoms. The topological polar surface area (TPSA) is 58.7 Å². The average Bonchev–Trinajstić information content (AvgIpc) is 2.49. The Morgan fingerprint density at radius 3 is 3.08 bits per heavy atom. The summed E-state index contributed by atoms with van der Waals surface area (Å²) in [6, 6.07) is 1.98. The standard InChI is InChI=1S/C9H11N3O/c1-7(5-8(2)13)12-4-3-11-9(12)6-10/h3-4,7H,5H2,1-2H3. The zero-order valence-corrected chi connectivity index (χ0v) is 7.69. The van der Waals surface area contributed by atoms with Gasteiger partial charge in [0.2, 0.25) is 5.82 Å². The van der Waals surface area contributed by atoms with E-state index in [4.69, 9.17) is 5.26 Å². The van der Waals surface area contributed by atoms with Crippen LogP contribution in [-0.2, 0) is 4.79 Å². The van der Waals surface area contributed by atoms with Gasteiger partial charge in [-0.3, -0.25) is 4.79 Å². The van der Waals surface area contributed by atoms with Crippen molar-refractivity contribution in [1.82, 2.24) is 9.55 Å². The zero-order valence-electron chi connectivity index (χ0n) is 7.69. The van der Waals surface area contributed by atoms with Crippen molar-refractivity contribution in [3.63, 3.8) is 0 Å². The molecule has 4 heteroatoms. The monoisotopic (exact) mass is 177 g/mol. The number of ketones is 1. The highest BCUT2D eigenvalue weighted by Crippen LogP contribution is 2.12. The molecule has 0 N–H and O–H groups in total. The molecule has 0 aliphatic heterocycles. The summed E-state index contributed by atoms with van der Waals surface area (Å²) in [5.74, 6) is 0.471. The molecule has 0 aliphatic rings. The molecule has 0 saturated carbocycles. The molecule has 0 saturated heterocycles. The largest absolute Gasteiger partial charge is 0.319 e. The third kappa shape index (κ3) is 2.15. The molecule has 1 unspecified atom stereocenters. The van der Waals surface area contributed by atoms with Crippen LogP contribution in [0.15, 0.2) is 12.4 Å². The van der Waals surface area contributed by atoms with Crippen molar-refractivity contribution < 1.29 is 4.79 Å². The number of carbonyl (C=O) groups is 1. The molecule has 1 atom stereocenters. The van der Waals surface area contributed by atoms with Gasteiger partial charge in [0.1, 0.15) is 11.9 Å². The predicted octanol–water partition coefficient (Wildman–Crippen LogP) is 1.29. The Kier molecular flexibility index (Phi) is 2.80. The van der Waals surface area contributed by atoms with Gasteiger partial charge >= 0.3 is 0 Å². The lowest BCUT2D eigenvalue weighted by atomic mass is 10.2. The highest BCUT2D eigenvalue weighted by molar-refractivity contribution is 5.75. The van der Waals surface area contributed by atoms with Crippen molar-refractivity contribution in [2.24, 2.45) is 0 Å². The van der Waals surface area contributed by atoms with E-state index in [1.54, 1.807) is 23.9 Å². The molecule has 4 nitrogen and oxygen atoms in total. The molecule has 1 aromatic rings. The van der Waals surface area contributed by atoms with Gasteiger partial charge in [-0.2, -0.15) is 5.26 Å². The van der Waals surface area contributed by atoms with E-state index in [9.17, 15) is 4.79 Å². The quantitative estimate of drug-likeness (QED) is 0.699. The molecule has 0 bridgehead atoms. The van der Waals surface area contributed by atoms with Crippen molar-refractivity contribution in [3.05, 3.63) is 18.2 Å². The van der Waals surface area contributed by atoms with E-state index in [0.717, 1.165) is 0 Å². The first kappa shape index (κ1) is 9.46. The third-order valence-corrected chi connectivity index (χ3v) is 1.83. The Hall–Kier alpha value is -1.63. The minimum Gasteiger partial charge on any atom is -0.319 e. The van der Waals surface area contributed by atoms with E-state index in [-0.39, 0.29) is 11.8 Å². The van der Waals surface area contributed by atoms with Gasteiger partial charge in [0.25, 0.3) is 0 Å². The minimum absolute atomic E-state index is 0.00894. The summed E-state index contributed by atoms with van der Waals surface area (Å²) in [7, 11) is 0. The van der Waals surface area contributed by atoms with Crippen molar-refractivity contribution >= 4 is 5.78 Å². The SMILES string of the molecule is CC(=O)CC(C)n1ccnc1C#N. The van der Waals surface area contributed by atoms with Crippen molar-refractivity contribution in [3.8, 4) is 6.07 Å². The Labute approximate surface area is 76.8 Å². The maximum atomic E-state index is 10.8. The van der Waals surface area contributed by atoms with Crippen LogP contribution in [0.3, 0.4) is 0 Å². The van der Waals surface area contributed by atoms with Gasteiger partial charge in [0, 0.05) is 24.9 Å². The third-order valence-electron chi connectivity index (χ3n) is 1.83. The van der Waals surface area contributed by atoms with Crippen molar-refractivity contribution in [1.29, 1.82) is 5.26 Å². The summed E-state index contributed by atoms with van der Waals surface area (Å²) in [6.07, 6.45) is 3.71. The first-order valence-corrected chi connectivity index (χ1v) is 4.07. The lowest BCUT2D eigenvalue weighted by Crippen LogP contribution is -2.09. The normalized spacial score (nSPS) is 12.1. The number of Topliss-reactive ketones (excluding diaryl/α,β-unsaturated/α-hetero) is 1. The van der Waals surface area contributed by atoms with Crippen molar-refractivity contribution in [2.75, 3.05) is 0 Å². The van der Waals surface area contributed by atoms with Gasteiger partial charge in [-0.05, 0) is 13.8 Å². The Bertz CT molecular complexity index is 348. The fourth-order valence-corrected chi connectivity index (χ4v) is 1.27. The summed E-state index contributed by atoms with van der Waals surface area (Å²) in [4.78, 5) is 14.7. The molecule has 1 aromatic heterocycles. The van der Waals surface area contributed by atoms with Crippen LogP contribution >= 0.6 is 0 Å². The number of nitrogens with zero attached hydrogens (tertiary/aromatic N) is 3. The average molecular weight is 177 g/mol. The summed E-state index contributed by atoms with van der Waals surface area (Å²) < 4.78 is 1.71. The van der Waals surface area contributed by atoms with E-state index in [1.165, 1.54) is 0 Å². The molecule has 13 heavy (non-hydrogen) atoms. The lowest BCUT2D eigenvalue weighted by molar-refractivity contribution is -0.117. The smallest absolute Gasteiger partial charge is 0.212 e. The molecule has 1 heterocycles. The van der Waals surface area contributed by atoms with Gasteiger partial charge in [-0.25, -0.2) is 4.98 Å². The first-order valence-electron chi connectivity index (χ1n) is 4.07. The molecule has 0 amide bonds. The Morgan fingerprint density at radius 1 is 1.85 bits per heavy atom. The molecule has 0 aromatic carbocycles. The van der Waals surface area contributed by atoms with Crippen LogP contribution < -0.4 is 0 Å². The first-order chi connectivity index (χ1) is 6.15. The van der Waals surface area contributed by atoms with Gasteiger partial charge in [0.15, 0.2) is 0 Å². The second-order valence-electron chi connectivity index (χ2n) is 3.03. The molecular weight excluding hydrogens is 166 g/mol. The lowest BCUT2D eigenvalue weighted by Gasteiger charge is -2.11. The molecule has 0 fully saturated rings. The highest BCUT2D eigenvalue weighted by atomic mass is 16.1. The van der Waals surface area contributed by atoms with Crippen LogP contribution in [0.25, 0.3) is 0 Å². The fourth-order valence-electron chi connectivity index (χ4n) is 1.27. The van der Waals surface area contributed by atoms with E-state index in [2.05, 4.69) is 4.98 Å². The molecule has 0 aliphatic carbocycles. The van der Waals surface area contributed by atoms with Crippen LogP contribution in [0.5, 0.6) is 0 Å². The van der Waals surface area contributed by atoms with Gasteiger partial charge in [-0.15, -0.1) is 0 Å². The number of rotatable bonds is 3. The number of aromatic nitrogens is 2. The van der Waals surface area contributed by atoms with Gasteiger partial charge in [-0.1, -0.05) is 0 Å². The van der Waals surface area contributed by atoms with Crippen LogP contribution in [-0.4, -0.2) is 15.3 Å². The maximum absolute atomic E-state index is 10.8. The second-order valence-corrected chi connectivity index (χ2v) is 3.03.